The number of hydrogen-bond acceptors (Lipinski definition) is 9. The van der Waals surface area contributed by atoms with E-state index in [1.807, 2.05) is 15.9 Å². The number of sulfonamides is 1. The second-order valence-electron chi connectivity index (χ2n) is 9.52. The molecule has 37 heavy (non-hydrogen) atoms. The highest BCUT2D eigenvalue weighted by molar-refractivity contribution is 7.89. The van der Waals surface area contributed by atoms with Crippen molar-refractivity contribution in [3.63, 3.8) is 0 Å². The van der Waals surface area contributed by atoms with Crippen molar-refractivity contribution in [1.29, 1.82) is 5.26 Å². The number of imidazole rings is 1. The molecule has 11 nitrogen and oxygen atoms in total. The second kappa shape index (κ2) is 8.67. The van der Waals surface area contributed by atoms with Gasteiger partial charge in [-0.1, -0.05) is 11.3 Å². The largest absolute Gasteiger partial charge is 0.365 e. The molecule has 3 aromatic rings. The Balaban J connectivity index is 1.46. The van der Waals surface area contributed by atoms with Gasteiger partial charge in [-0.15, -0.1) is 10.2 Å². The van der Waals surface area contributed by atoms with Crippen molar-refractivity contribution >= 4 is 38.6 Å². The van der Waals surface area contributed by atoms with Crippen LogP contribution in [0.5, 0.6) is 0 Å². The van der Waals surface area contributed by atoms with Gasteiger partial charge in [0.2, 0.25) is 15.9 Å². The van der Waals surface area contributed by atoms with Gasteiger partial charge >= 0.3 is 0 Å². The van der Waals surface area contributed by atoms with Gasteiger partial charge < -0.3 is 9.80 Å². The van der Waals surface area contributed by atoms with E-state index >= 15 is 0 Å². The van der Waals surface area contributed by atoms with Crippen LogP contribution in [0.25, 0.3) is 16.3 Å². The summed E-state index contributed by atoms with van der Waals surface area (Å²) in [6.45, 7) is 1.49. The predicted molar refractivity (Wildman–Crippen MR) is 129 cm³/mol. The topological polar surface area (TPSA) is 137 Å². The summed E-state index contributed by atoms with van der Waals surface area (Å²) in [5.41, 5.74) is 0.170. The molecule has 3 aromatic heterocycles. The number of carbonyl (C=O) groups excluding carboxylic acids is 1. The lowest BCUT2D eigenvalue weighted by Gasteiger charge is -2.44. The number of anilines is 1. The van der Waals surface area contributed by atoms with Crippen LogP contribution in [0.4, 0.5) is 14.5 Å². The number of pyridine rings is 1. The van der Waals surface area contributed by atoms with Crippen LogP contribution in [0.2, 0.25) is 0 Å². The molecule has 2 saturated heterocycles. The van der Waals surface area contributed by atoms with Crippen LogP contribution in [0, 0.1) is 11.3 Å². The molecule has 6 rings (SSSR count). The van der Waals surface area contributed by atoms with Gasteiger partial charge in [0, 0.05) is 38.3 Å². The fourth-order valence-electron chi connectivity index (χ4n) is 4.97. The number of fused-ring (bicyclic) bond motifs is 2. The van der Waals surface area contributed by atoms with E-state index in [-0.39, 0.29) is 21.9 Å². The molecule has 1 atom stereocenters. The zero-order valence-corrected chi connectivity index (χ0v) is 21.1. The smallest absolute Gasteiger partial charge is 0.291 e. The summed E-state index contributed by atoms with van der Waals surface area (Å²) in [6, 6.07) is 3.56. The average Bonchev–Trinajstić information content (AvgIpc) is 3.27. The minimum Gasteiger partial charge on any atom is -0.365 e. The van der Waals surface area contributed by atoms with Gasteiger partial charge in [0.15, 0.2) is 15.7 Å². The Bertz CT molecular complexity index is 1540. The standard InChI is InChI=1S/C22H22F2N8O3S2/c23-18(24)21-28-27-20(36-21)16-9-26-19-15(30-6-7-31-13(10-30)2-1-3-17(31)33)8-14(11-32(16)19)37(34,35)29-22(12-25)4-5-22/h8-9,11,13,18,29H,1-7,10H2/t13-/m0/s1. The molecule has 0 unspecified atom stereocenters. The number of carbonyl (C=O) groups is 1. The summed E-state index contributed by atoms with van der Waals surface area (Å²) in [7, 11) is -4.10. The van der Waals surface area contributed by atoms with Gasteiger partial charge in [-0.25, -0.2) is 22.2 Å². The Labute approximate surface area is 214 Å². The minimum absolute atomic E-state index is 0.00737. The van der Waals surface area contributed by atoms with E-state index in [1.165, 1.54) is 22.9 Å². The number of amides is 1. The zero-order valence-electron chi connectivity index (χ0n) is 19.5. The Morgan fingerprint density at radius 1 is 1.27 bits per heavy atom. The molecule has 1 saturated carbocycles. The summed E-state index contributed by atoms with van der Waals surface area (Å²) >= 11 is 0.708. The molecule has 0 bridgehead atoms. The molecule has 0 spiro atoms. The number of alkyl halides is 2. The van der Waals surface area contributed by atoms with Crippen molar-refractivity contribution in [2.75, 3.05) is 24.5 Å². The summed E-state index contributed by atoms with van der Waals surface area (Å²) in [5.74, 6) is 0.127. The van der Waals surface area contributed by atoms with Crippen LogP contribution in [0.15, 0.2) is 23.4 Å². The van der Waals surface area contributed by atoms with Gasteiger partial charge in [-0.3, -0.25) is 9.20 Å². The van der Waals surface area contributed by atoms with Gasteiger partial charge in [0.05, 0.1) is 18.0 Å². The van der Waals surface area contributed by atoms with E-state index in [1.54, 1.807) is 0 Å². The van der Waals surface area contributed by atoms with Crippen molar-refractivity contribution < 1.29 is 22.0 Å². The molecule has 3 aliphatic rings. The van der Waals surface area contributed by atoms with Crippen LogP contribution in [-0.4, -0.2) is 70.0 Å². The highest BCUT2D eigenvalue weighted by atomic mass is 32.2. The fourth-order valence-corrected chi connectivity index (χ4v) is 7.07. The Morgan fingerprint density at radius 3 is 2.78 bits per heavy atom. The maximum Gasteiger partial charge on any atom is 0.291 e. The molecule has 0 aromatic carbocycles. The minimum atomic E-state index is -4.10. The molecular weight excluding hydrogens is 526 g/mol. The van der Waals surface area contributed by atoms with Gasteiger partial charge in [0.1, 0.15) is 16.1 Å². The highest BCUT2D eigenvalue weighted by Crippen LogP contribution is 2.38. The Hall–Kier alpha value is -3.22. The van der Waals surface area contributed by atoms with Crippen molar-refractivity contribution in [3.05, 3.63) is 23.5 Å². The first-order valence-electron chi connectivity index (χ1n) is 11.8. The number of hydrogen-bond donors (Lipinski definition) is 1. The molecule has 15 heteroatoms. The third-order valence-electron chi connectivity index (χ3n) is 7.08. The molecule has 194 valence electrons. The third-order valence-corrected chi connectivity index (χ3v) is 9.54. The molecule has 1 amide bonds. The van der Waals surface area contributed by atoms with E-state index in [4.69, 9.17) is 0 Å². The first-order chi connectivity index (χ1) is 17.7. The first kappa shape index (κ1) is 24.1. The maximum atomic E-state index is 13.4. The van der Waals surface area contributed by atoms with Crippen LogP contribution in [0.3, 0.4) is 0 Å². The number of nitrogens with zero attached hydrogens (tertiary/aromatic N) is 7. The number of nitrogens with one attached hydrogen (secondary N) is 1. The molecule has 0 radical (unpaired) electrons. The zero-order chi connectivity index (χ0) is 25.9. The Morgan fingerprint density at radius 2 is 2.08 bits per heavy atom. The molecule has 1 aliphatic carbocycles. The first-order valence-corrected chi connectivity index (χ1v) is 14.1. The van der Waals surface area contributed by atoms with Crippen molar-refractivity contribution in [3.8, 4) is 16.8 Å². The van der Waals surface area contributed by atoms with E-state index in [9.17, 15) is 27.3 Å². The summed E-state index contributed by atoms with van der Waals surface area (Å²) < 4.78 is 57.1. The monoisotopic (exact) mass is 548 g/mol. The fraction of sp³-hybridized carbons (Fsp3) is 0.500. The maximum absolute atomic E-state index is 13.4. The van der Waals surface area contributed by atoms with Crippen molar-refractivity contribution in [2.45, 2.75) is 55.0 Å². The third kappa shape index (κ3) is 4.22. The van der Waals surface area contributed by atoms with E-state index in [0.29, 0.717) is 67.3 Å². The van der Waals surface area contributed by atoms with Crippen molar-refractivity contribution in [1.82, 2.24) is 29.2 Å². The van der Waals surface area contributed by atoms with Crippen LogP contribution in [-0.2, 0) is 14.8 Å². The summed E-state index contributed by atoms with van der Waals surface area (Å²) in [4.78, 5) is 20.7. The number of piperidine rings is 1. The van der Waals surface area contributed by atoms with Crippen LogP contribution >= 0.6 is 11.3 Å². The van der Waals surface area contributed by atoms with Gasteiger partial charge in [-0.05, 0) is 31.7 Å². The number of nitriles is 1. The van der Waals surface area contributed by atoms with Crippen molar-refractivity contribution in [2.24, 2.45) is 0 Å². The normalized spacial score (nSPS) is 21.4. The lowest BCUT2D eigenvalue weighted by Crippen LogP contribution is -2.57. The van der Waals surface area contributed by atoms with Gasteiger partial charge in [-0.2, -0.15) is 9.98 Å². The van der Waals surface area contributed by atoms with Crippen LogP contribution in [0.1, 0.15) is 43.5 Å². The number of halogens is 2. The number of rotatable bonds is 6. The summed E-state index contributed by atoms with van der Waals surface area (Å²) in [6.07, 6.45) is 3.07. The van der Waals surface area contributed by atoms with E-state index in [2.05, 4.69) is 19.9 Å². The molecular formula is C22H22F2N8O3S2. The van der Waals surface area contributed by atoms with Crippen LogP contribution < -0.4 is 9.62 Å². The molecule has 1 N–H and O–H groups in total. The number of aromatic nitrogens is 4. The molecule has 5 heterocycles. The Kier molecular flexibility index (Phi) is 5.66. The van der Waals surface area contributed by atoms with E-state index < -0.39 is 27.0 Å². The quantitative estimate of drug-likeness (QED) is 0.496. The predicted octanol–water partition coefficient (Wildman–Crippen LogP) is 2.33. The number of piperazine rings is 1. The lowest BCUT2D eigenvalue weighted by atomic mass is 9.98. The molecule has 2 aliphatic heterocycles. The van der Waals surface area contributed by atoms with Gasteiger partial charge in [0.25, 0.3) is 6.43 Å². The second-order valence-corrected chi connectivity index (χ2v) is 12.2. The average molecular weight is 549 g/mol. The highest BCUT2D eigenvalue weighted by Gasteiger charge is 2.47. The lowest BCUT2D eigenvalue weighted by molar-refractivity contribution is -0.136. The summed E-state index contributed by atoms with van der Waals surface area (Å²) in [5, 5.41) is 16.6. The molecule has 3 fully saturated rings. The SMILES string of the molecule is N#CC1(NS(=O)(=O)c2cc(N3CCN4C(=O)CCC[C@H]4C3)c3ncc(-c4nnc(C(F)F)s4)n3c2)CC1. The van der Waals surface area contributed by atoms with E-state index in [0.717, 1.165) is 12.8 Å².